The van der Waals surface area contributed by atoms with Crippen molar-refractivity contribution < 1.29 is 23.9 Å². The molecule has 0 unspecified atom stereocenters. The number of Topliss-reactive ketones (excluding diaryl/α,β-unsaturated/α-hetero) is 1. The van der Waals surface area contributed by atoms with E-state index >= 15 is 0 Å². The molecule has 2 amide bonds. The highest BCUT2D eigenvalue weighted by molar-refractivity contribution is 7.14. The number of hydrogen-bond donors (Lipinski definition) is 1. The highest BCUT2D eigenvalue weighted by atomic mass is 32.1. The predicted octanol–water partition coefficient (Wildman–Crippen LogP) is 2.97. The van der Waals surface area contributed by atoms with Crippen LogP contribution in [0.4, 0.5) is 5.13 Å². The van der Waals surface area contributed by atoms with E-state index in [1.54, 1.807) is 30.6 Å². The summed E-state index contributed by atoms with van der Waals surface area (Å²) in [5.41, 5.74) is 10.8. The molecule has 1 aromatic heterocycles. The van der Waals surface area contributed by atoms with E-state index < -0.39 is 24.2 Å². The summed E-state index contributed by atoms with van der Waals surface area (Å²) in [4.78, 5) is 53.6. The van der Waals surface area contributed by atoms with E-state index in [4.69, 9.17) is 20.0 Å². The number of ketones is 1. The number of methoxy groups -OCH3 is 1. The number of nitrogens with one attached hydrogen (secondary N) is 1. The largest absolute Gasteiger partial charge is 0.383 e. The number of benzene rings is 1. The third-order valence-corrected chi connectivity index (χ3v) is 9.15. The van der Waals surface area contributed by atoms with Gasteiger partial charge in [-0.05, 0) is 29.5 Å². The van der Waals surface area contributed by atoms with Gasteiger partial charge >= 0.3 is 0 Å². The van der Waals surface area contributed by atoms with Crippen molar-refractivity contribution in [2.45, 2.75) is 51.4 Å². The number of fused-ring (bicyclic) bond motifs is 1. The molecule has 236 valence electrons. The number of carbonyl (C=O) groups excluding carboxylic acids is 3. The molecular weight excluding hydrogens is 584 g/mol. The van der Waals surface area contributed by atoms with Gasteiger partial charge < -0.3 is 24.6 Å². The minimum atomic E-state index is -0.878. The lowest BCUT2D eigenvalue weighted by Gasteiger charge is -2.34. The Labute approximate surface area is 261 Å². The fourth-order valence-corrected chi connectivity index (χ4v) is 6.89. The first-order chi connectivity index (χ1) is 21.1. The van der Waals surface area contributed by atoms with Crippen LogP contribution in [0.5, 0.6) is 0 Å². The lowest BCUT2D eigenvalue weighted by atomic mass is 9.87. The molecule has 4 atom stereocenters. The quantitative estimate of drug-likeness (QED) is 0.241. The Morgan fingerprint density at radius 3 is 2.61 bits per heavy atom. The Kier molecular flexibility index (Phi) is 9.86. The molecule has 14 heteroatoms. The molecule has 3 saturated heterocycles. The summed E-state index contributed by atoms with van der Waals surface area (Å²) in [6.45, 7) is 11.3. The van der Waals surface area contributed by atoms with Crippen LogP contribution in [0.15, 0.2) is 34.8 Å². The summed E-state index contributed by atoms with van der Waals surface area (Å²) in [5, 5.41) is 9.68. The van der Waals surface area contributed by atoms with Crippen molar-refractivity contribution in [3.63, 3.8) is 0 Å². The van der Waals surface area contributed by atoms with Gasteiger partial charge in [0.25, 0.3) is 5.91 Å². The van der Waals surface area contributed by atoms with Gasteiger partial charge in [-0.1, -0.05) is 38.0 Å². The molecular formula is C30H40N8O5S. The van der Waals surface area contributed by atoms with E-state index in [0.29, 0.717) is 12.0 Å². The van der Waals surface area contributed by atoms with Gasteiger partial charge in [0, 0.05) is 67.8 Å². The van der Waals surface area contributed by atoms with E-state index in [9.17, 15) is 14.4 Å². The predicted molar refractivity (Wildman–Crippen MR) is 167 cm³/mol. The van der Waals surface area contributed by atoms with Crippen LogP contribution in [0, 0.1) is 5.41 Å². The van der Waals surface area contributed by atoms with Gasteiger partial charge in [-0.25, -0.2) is 4.98 Å². The van der Waals surface area contributed by atoms with Gasteiger partial charge in [-0.2, -0.15) is 0 Å². The van der Waals surface area contributed by atoms with E-state index in [1.807, 2.05) is 38.3 Å². The monoisotopic (exact) mass is 624 g/mol. The topological polar surface area (TPSA) is 153 Å². The summed E-state index contributed by atoms with van der Waals surface area (Å²) in [6.07, 6.45) is -0.315. The number of azide groups is 1. The summed E-state index contributed by atoms with van der Waals surface area (Å²) in [7, 11) is 1.72. The van der Waals surface area contributed by atoms with Crippen LogP contribution >= 0.6 is 11.3 Å². The number of carbonyl (C=O) groups is 3. The third kappa shape index (κ3) is 7.22. The molecule has 0 aliphatic carbocycles. The first-order valence-electron chi connectivity index (χ1n) is 14.9. The molecule has 0 spiro atoms. The first-order valence-corrected chi connectivity index (χ1v) is 15.8. The van der Waals surface area contributed by atoms with E-state index in [-0.39, 0.29) is 36.2 Å². The van der Waals surface area contributed by atoms with Crippen LogP contribution < -0.4 is 10.2 Å². The van der Waals surface area contributed by atoms with Crippen LogP contribution in [0.1, 0.15) is 37.6 Å². The van der Waals surface area contributed by atoms with Gasteiger partial charge in [0.15, 0.2) is 10.9 Å². The van der Waals surface area contributed by atoms with Gasteiger partial charge in [0.2, 0.25) is 5.91 Å². The molecule has 13 nitrogen and oxygen atoms in total. The molecule has 4 heterocycles. The molecule has 0 radical (unpaired) electrons. The number of likely N-dealkylation sites (tertiary alicyclic amines) is 1. The number of piperazine rings is 1. The second-order valence-electron chi connectivity index (χ2n) is 12.7. The number of hydrogen-bond acceptors (Lipinski definition) is 10. The minimum absolute atomic E-state index is 0.0638. The van der Waals surface area contributed by atoms with E-state index in [2.05, 4.69) is 25.1 Å². The maximum absolute atomic E-state index is 13.8. The van der Waals surface area contributed by atoms with Crippen molar-refractivity contribution in [1.29, 1.82) is 0 Å². The Morgan fingerprint density at radius 2 is 1.95 bits per heavy atom. The SMILES string of the molecule is COCCN1CCN(c2nc(-c3ccc(C(=O)N[C@@H](CC(C)(C)C)C(=O)N4C[C@H](N=[N+]=[N-])[C@H]5OCC(=O)[C@H]54)cc3)cs2)CC1. The molecule has 1 N–H and O–H groups in total. The second-order valence-corrected chi connectivity index (χ2v) is 13.5. The maximum atomic E-state index is 13.8. The smallest absolute Gasteiger partial charge is 0.251 e. The Balaban J connectivity index is 1.25. The van der Waals surface area contributed by atoms with Crippen molar-refractivity contribution in [1.82, 2.24) is 20.1 Å². The molecule has 2 aromatic rings. The Morgan fingerprint density at radius 1 is 1.23 bits per heavy atom. The second kappa shape index (κ2) is 13.6. The van der Waals surface area contributed by atoms with Crippen molar-refractivity contribution in [2.24, 2.45) is 10.5 Å². The van der Waals surface area contributed by atoms with Crippen LogP contribution in [-0.4, -0.2) is 116 Å². The Hall–Kier alpha value is -3.55. The Bertz CT molecular complexity index is 1390. The number of amides is 2. The van der Waals surface area contributed by atoms with Crippen LogP contribution in [0.25, 0.3) is 21.7 Å². The summed E-state index contributed by atoms with van der Waals surface area (Å²) in [6, 6.07) is 4.83. The highest BCUT2D eigenvalue weighted by Crippen LogP contribution is 2.32. The molecule has 3 aliphatic rings. The number of thiazole rings is 1. The van der Waals surface area contributed by atoms with Crippen LogP contribution in [0.2, 0.25) is 0 Å². The maximum Gasteiger partial charge on any atom is 0.251 e. The molecule has 3 fully saturated rings. The van der Waals surface area contributed by atoms with Crippen molar-refractivity contribution in [3.8, 4) is 11.3 Å². The standard InChI is InChI=1S/C30H40N8O5S/c1-30(2,3)15-21(28(41)38-16-22(34-35-31)26-25(38)24(39)17-43-26)32-27(40)20-7-5-19(6-8-20)23-18-44-29(33-23)37-11-9-36(10-12-37)13-14-42-4/h5-8,18,21-22,25-26H,9-17H2,1-4H3,(H,32,40)/t21-,22-,25+,26+/m0/s1. The lowest BCUT2D eigenvalue weighted by Crippen LogP contribution is -2.53. The lowest BCUT2D eigenvalue weighted by molar-refractivity contribution is -0.138. The number of nitrogens with zero attached hydrogens (tertiary/aromatic N) is 7. The van der Waals surface area contributed by atoms with E-state index in [0.717, 1.165) is 55.7 Å². The summed E-state index contributed by atoms with van der Waals surface area (Å²) in [5.74, 6) is -1.00. The zero-order valence-electron chi connectivity index (χ0n) is 25.6. The van der Waals surface area contributed by atoms with Gasteiger partial charge in [0.1, 0.15) is 18.7 Å². The fourth-order valence-electron chi connectivity index (χ4n) is 6.00. The highest BCUT2D eigenvalue weighted by Gasteiger charge is 2.53. The zero-order valence-corrected chi connectivity index (χ0v) is 26.5. The fraction of sp³-hybridized carbons (Fsp3) is 0.600. The average Bonchev–Trinajstić information content (AvgIpc) is 3.73. The summed E-state index contributed by atoms with van der Waals surface area (Å²) < 4.78 is 10.8. The molecule has 1 aromatic carbocycles. The van der Waals surface area contributed by atoms with Crippen LogP contribution in [0.3, 0.4) is 0 Å². The molecule has 0 saturated carbocycles. The van der Waals surface area contributed by atoms with Crippen molar-refractivity contribution >= 4 is 34.1 Å². The zero-order chi connectivity index (χ0) is 31.4. The average molecular weight is 625 g/mol. The van der Waals surface area contributed by atoms with Gasteiger partial charge in [0.05, 0.1) is 24.4 Å². The number of ether oxygens (including phenoxy) is 2. The van der Waals surface area contributed by atoms with Gasteiger partial charge in [-0.15, -0.1) is 11.3 Å². The molecule has 3 aliphatic heterocycles. The number of aromatic nitrogens is 1. The third-order valence-electron chi connectivity index (χ3n) is 8.25. The number of anilines is 1. The van der Waals surface area contributed by atoms with Crippen molar-refractivity contribution in [3.05, 3.63) is 45.7 Å². The first kappa shape index (κ1) is 31.9. The molecule has 5 rings (SSSR count). The summed E-state index contributed by atoms with van der Waals surface area (Å²) >= 11 is 1.61. The number of rotatable bonds is 10. The molecule has 44 heavy (non-hydrogen) atoms. The van der Waals surface area contributed by atoms with E-state index in [1.165, 1.54) is 4.90 Å². The van der Waals surface area contributed by atoms with Gasteiger partial charge in [-0.3, -0.25) is 19.3 Å². The minimum Gasteiger partial charge on any atom is -0.383 e. The molecule has 0 bridgehead atoms. The normalized spacial score (nSPS) is 22.9. The van der Waals surface area contributed by atoms with Crippen LogP contribution in [-0.2, 0) is 19.1 Å². The van der Waals surface area contributed by atoms with Crippen molar-refractivity contribution in [2.75, 3.05) is 64.5 Å².